The molecular formula is C25H27BrN2O. The average molecular weight is 451 g/mol. The van der Waals surface area contributed by atoms with Crippen LogP contribution < -0.4 is 9.80 Å². The molecule has 1 N–H and O–H groups in total. The molecule has 4 rings (SSSR count). The van der Waals surface area contributed by atoms with Crippen molar-refractivity contribution in [2.45, 2.75) is 32.4 Å². The average Bonchev–Trinajstić information content (AvgIpc) is 3.15. The van der Waals surface area contributed by atoms with Gasteiger partial charge >= 0.3 is 0 Å². The van der Waals surface area contributed by atoms with Crippen LogP contribution in [0.25, 0.3) is 0 Å². The van der Waals surface area contributed by atoms with Crippen molar-refractivity contribution in [3.63, 3.8) is 0 Å². The minimum Gasteiger partial charge on any atom is -0.507 e. The highest BCUT2D eigenvalue weighted by Gasteiger charge is 2.37. The molecule has 150 valence electrons. The molecule has 1 aliphatic rings. The number of halogens is 1. The first kappa shape index (κ1) is 19.8. The first-order valence-corrected chi connectivity index (χ1v) is 10.8. The summed E-state index contributed by atoms with van der Waals surface area (Å²) in [6.45, 7) is 8.19. The van der Waals surface area contributed by atoms with E-state index in [9.17, 15) is 5.11 Å². The summed E-state index contributed by atoms with van der Waals surface area (Å²) in [6, 6.07) is 25.0. The minimum atomic E-state index is -0.156. The van der Waals surface area contributed by atoms with Gasteiger partial charge in [-0.3, -0.25) is 0 Å². The fraction of sp³-hybridized carbons (Fsp3) is 0.280. The maximum Gasteiger partial charge on any atom is 0.132 e. The Morgan fingerprint density at radius 3 is 1.76 bits per heavy atom. The third-order valence-electron chi connectivity index (χ3n) is 5.54. The van der Waals surface area contributed by atoms with Crippen LogP contribution in [0.2, 0.25) is 0 Å². The van der Waals surface area contributed by atoms with Gasteiger partial charge in [0.15, 0.2) is 0 Å². The van der Waals surface area contributed by atoms with Crippen molar-refractivity contribution in [2.75, 3.05) is 22.9 Å². The van der Waals surface area contributed by atoms with Crippen molar-refractivity contribution in [1.29, 1.82) is 0 Å². The molecule has 1 saturated heterocycles. The Hall–Kier alpha value is -2.46. The van der Waals surface area contributed by atoms with E-state index in [2.05, 4.69) is 101 Å². The van der Waals surface area contributed by atoms with Crippen LogP contribution in [0.15, 0.2) is 77.3 Å². The van der Waals surface area contributed by atoms with Gasteiger partial charge in [-0.15, -0.1) is 0 Å². The molecule has 4 heteroatoms. The van der Waals surface area contributed by atoms with Crippen molar-refractivity contribution in [3.05, 3.63) is 88.4 Å². The Kier molecular flexibility index (Phi) is 5.30. The van der Waals surface area contributed by atoms with Crippen molar-refractivity contribution in [2.24, 2.45) is 0 Å². The van der Waals surface area contributed by atoms with E-state index in [1.807, 2.05) is 18.2 Å². The van der Waals surface area contributed by atoms with Gasteiger partial charge in [0.05, 0.1) is 0 Å². The molecule has 0 unspecified atom stereocenters. The summed E-state index contributed by atoms with van der Waals surface area (Å²) < 4.78 is 0.989. The Bertz CT molecular complexity index is 935. The van der Waals surface area contributed by atoms with Crippen LogP contribution in [-0.4, -0.2) is 18.2 Å². The van der Waals surface area contributed by atoms with E-state index in [-0.39, 0.29) is 11.6 Å². The summed E-state index contributed by atoms with van der Waals surface area (Å²) in [6.07, 6.45) is -0.0848. The largest absolute Gasteiger partial charge is 0.507 e. The Morgan fingerprint density at radius 2 is 1.31 bits per heavy atom. The number of rotatable bonds is 3. The molecule has 0 aromatic heterocycles. The standard InChI is InChI=1S/C25H27BrN2O/c1-25(2,3)22-17-18(26)16-21(23(22)29)24-27(19-10-6-4-7-11-19)14-15-28(24)20-12-8-5-9-13-20/h4-13,16-17,24,29H,14-15H2,1-3H3. The second-order valence-corrected chi connectivity index (χ2v) is 9.49. The van der Waals surface area contributed by atoms with E-state index in [0.29, 0.717) is 5.75 Å². The summed E-state index contributed by atoms with van der Waals surface area (Å²) in [7, 11) is 0. The summed E-state index contributed by atoms with van der Waals surface area (Å²) >= 11 is 3.69. The molecule has 0 amide bonds. The molecule has 29 heavy (non-hydrogen) atoms. The molecule has 3 nitrogen and oxygen atoms in total. The lowest BCUT2D eigenvalue weighted by Gasteiger charge is -2.35. The first-order chi connectivity index (χ1) is 13.9. The van der Waals surface area contributed by atoms with E-state index < -0.39 is 0 Å². The maximum absolute atomic E-state index is 11.4. The monoisotopic (exact) mass is 450 g/mol. The first-order valence-electron chi connectivity index (χ1n) is 10.0. The highest BCUT2D eigenvalue weighted by Crippen LogP contribution is 2.45. The second kappa shape index (κ2) is 7.75. The van der Waals surface area contributed by atoms with Crippen LogP contribution in [0.5, 0.6) is 5.75 Å². The minimum absolute atomic E-state index is 0.0848. The summed E-state index contributed by atoms with van der Waals surface area (Å²) in [5, 5.41) is 11.4. The molecule has 3 aromatic carbocycles. The van der Waals surface area contributed by atoms with Gasteiger partial charge < -0.3 is 14.9 Å². The lowest BCUT2D eigenvalue weighted by Crippen LogP contribution is -2.31. The predicted molar refractivity (Wildman–Crippen MR) is 125 cm³/mol. The van der Waals surface area contributed by atoms with Crippen LogP contribution in [0.3, 0.4) is 0 Å². The molecule has 0 atom stereocenters. The van der Waals surface area contributed by atoms with Gasteiger partial charge in [-0.05, 0) is 41.8 Å². The molecule has 1 heterocycles. The SMILES string of the molecule is CC(C)(C)c1cc(Br)cc(C2N(c3ccccc3)CCN2c2ccccc2)c1O. The highest BCUT2D eigenvalue weighted by molar-refractivity contribution is 9.10. The third-order valence-corrected chi connectivity index (χ3v) is 6.00. The molecule has 0 spiro atoms. The molecule has 0 bridgehead atoms. The topological polar surface area (TPSA) is 26.7 Å². The number of hydrogen-bond donors (Lipinski definition) is 1. The number of para-hydroxylation sites is 2. The van der Waals surface area contributed by atoms with E-state index in [1.54, 1.807) is 0 Å². The van der Waals surface area contributed by atoms with Crippen molar-refractivity contribution in [3.8, 4) is 5.75 Å². The fourth-order valence-electron chi connectivity index (χ4n) is 4.13. The number of nitrogens with zero attached hydrogens (tertiary/aromatic N) is 2. The van der Waals surface area contributed by atoms with Crippen LogP contribution >= 0.6 is 15.9 Å². The van der Waals surface area contributed by atoms with Crippen molar-refractivity contribution in [1.82, 2.24) is 0 Å². The zero-order chi connectivity index (χ0) is 20.6. The summed E-state index contributed by atoms with van der Waals surface area (Å²) in [5.41, 5.74) is 4.04. The van der Waals surface area contributed by atoms with Gasteiger partial charge in [0.1, 0.15) is 11.9 Å². The van der Waals surface area contributed by atoms with Crippen molar-refractivity contribution < 1.29 is 5.11 Å². The lowest BCUT2D eigenvalue weighted by molar-refractivity contribution is 0.434. The van der Waals surface area contributed by atoms with Gasteiger partial charge in [0.2, 0.25) is 0 Å². The molecular weight excluding hydrogens is 424 g/mol. The molecule has 3 aromatic rings. The number of phenols is 1. The zero-order valence-corrected chi connectivity index (χ0v) is 18.7. The van der Waals surface area contributed by atoms with Gasteiger partial charge in [0, 0.05) is 40.1 Å². The fourth-order valence-corrected chi connectivity index (χ4v) is 4.61. The third kappa shape index (κ3) is 3.86. The van der Waals surface area contributed by atoms with Gasteiger partial charge in [-0.2, -0.15) is 0 Å². The second-order valence-electron chi connectivity index (χ2n) is 8.57. The van der Waals surface area contributed by atoms with Gasteiger partial charge in [0.25, 0.3) is 0 Å². The van der Waals surface area contributed by atoms with E-state index in [1.165, 1.54) is 0 Å². The van der Waals surface area contributed by atoms with Crippen LogP contribution in [-0.2, 0) is 5.41 Å². The van der Waals surface area contributed by atoms with Crippen LogP contribution in [0.4, 0.5) is 11.4 Å². The van der Waals surface area contributed by atoms with Gasteiger partial charge in [-0.1, -0.05) is 73.1 Å². The zero-order valence-electron chi connectivity index (χ0n) is 17.1. The molecule has 0 saturated carbocycles. The number of hydrogen-bond acceptors (Lipinski definition) is 3. The number of anilines is 2. The summed E-state index contributed by atoms with van der Waals surface area (Å²) in [5.74, 6) is 0.384. The predicted octanol–water partition coefficient (Wildman–Crippen LogP) is 6.48. The molecule has 1 fully saturated rings. The smallest absolute Gasteiger partial charge is 0.132 e. The highest BCUT2D eigenvalue weighted by atomic mass is 79.9. The van der Waals surface area contributed by atoms with E-state index in [0.717, 1.165) is 40.1 Å². The number of aromatic hydroxyl groups is 1. The van der Waals surface area contributed by atoms with Crippen LogP contribution in [0, 0.1) is 0 Å². The molecule has 0 radical (unpaired) electrons. The van der Waals surface area contributed by atoms with Gasteiger partial charge in [-0.25, -0.2) is 0 Å². The Balaban J connectivity index is 1.89. The maximum atomic E-state index is 11.4. The normalized spacial score (nSPS) is 15.2. The van der Waals surface area contributed by atoms with Crippen molar-refractivity contribution >= 4 is 27.3 Å². The Morgan fingerprint density at radius 1 is 0.828 bits per heavy atom. The van der Waals surface area contributed by atoms with Crippen LogP contribution in [0.1, 0.15) is 38.1 Å². The van der Waals surface area contributed by atoms with E-state index >= 15 is 0 Å². The lowest BCUT2D eigenvalue weighted by atomic mass is 9.84. The summed E-state index contributed by atoms with van der Waals surface area (Å²) in [4.78, 5) is 4.75. The molecule has 1 aliphatic heterocycles. The molecule has 0 aliphatic carbocycles. The van der Waals surface area contributed by atoms with E-state index in [4.69, 9.17) is 0 Å². The number of benzene rings is 3. The quantitative estimate of drug-likeness (QED) is 0.494. The number of phenolic OH excluding ortho intramolecular Hbond substituents is 1. The Labute approximate surface area is 181 Å².